The zero-order valence-electron chi connectivity index (χ0n) is 10.8. The first kappa shape index (κ1) is 11.3. The van der Waals surface area contributed by atoms with E-state index in [1.165, 1.54) is 32.5 Å². The maximum Gasteiger partial charge on any atom is 0.120 e. The molecular weight excluding hydrogens is 212 g/mol. The molecule has 17 heavy (non-hydrogen) atoms. The maximum absolute atomic E-state index is 5.69. The van der Waals surface area contributed by atoms with Crippen LogP contribution < -0.4 is 5.32 Å². The van der Waals surface area contributed by atoms with E-state index in [1.54, 1.807) is 0 Å². The third-order valence-electron chi connectivity index (χ3n) is 4.29. The minimum absolute atomic E-state index is 0.334. The lowest BCUT2D eigenvalue weighted by Crippen LogP contribution is -2.44. The lowest BCUT2D eigenvalue weighted by Gasteiger charge is -2.32. The van der Waals surface area contributed by atoms with Crippen LogP contribution in [0.4, 0.5) is 0 Å². The van der Waals surface area contributed by atoms with Crippen molar-refractivity contribution in [1.82, 2.24) is 10.2 Å². The first-order valence-electron chi connectivity index (χ1n) is 6.77. The summed E-state index contributed by atoms with van der Waals surface area (Å²) in [4.78, 5) is 2.59. The standard InChI is InChI=1S/C14H22N2O/c1-10-3-4-14(17-10)11(2)15-13-6-8-16-7-5-12(13)9-16/h3-4,11-13,15H,5-9H2,1-2H3. The van der Waals surface area contributed by atoms with Crippen LogP contribution in [0.5, 0.6) is 0 Å². The summed E-state index contributed by atoms with van der Waals surface area (Å²) >= 11 is 0. The largest absolute Gasteiger partial charge is 0.465 e. The third kappa shape index (κ3) is 2.26. The molecule has 0 saturated carbocycles. The molecule has 2 fully saturated rings. The second-order valence-corrected chi connectivity index (χ2v) is 5.58. The van der Waals surface area contributed by atoms with Crippen LogP contribution in [-0.2, 0) is 0 Å². The number of fused-ring (bicyclic) bond motifs is 2. The first-order valence-corrected chi connectivity index (χ1v) is 6.77. The fourth-order valence-corrected chi connectivity index (χ4v) is 3.26. The second kappa shape index (κ2) is 4.46. The Balaban J connectivity index is 1.62. The van der Waals surface area contributed by atoms with Crippen molar-refractivity contribution in [3.63, 3.8) is 0 Å². The van der Waals surface area contributed by atoms with Gasteiger partial charge in [0.15, 0.2) is 0 Å². The molecule has 1 aromatic heterocycles. The van der Waals surface area contributed by atoms with E-state index in [1.807, 2.05) is 13.0 Å². The first-order chi connectivity index (χ1) is 8.22. The van der Waals surface area contributed by atoms with Crippen LogP contribution in [0.15, 0.2) is 16.5 Å². The van der Waals surface area contributed by atoms with Crippen LogP contribution in [0.2, 0.25) is 0 Å². The van der Waals surface area contributed by atoms with Gasteiger partial charge in [-0.15, -0.1) is 0 Å². The Hall–Kier alpha value is -0.800. The highest BCUT2D eigenvalue weighted by molar-refractivity contribution is 5.09. The molecule has 3 heterocycles. The summed E-state index contributed by atoms with van der Waals surface area (Å²) in [6.45, 7) is 8.07. The Morgan fingerprint density at radius 1 is 1.35 bits per heavy atom. The molecule has 2 saturated heterocycles. The summed E-state index contributed by atoms with van der Waals surface area (Å²) in [6, 6.07) is 5.15. The van der Waals surface area contributed by atoms with E-state index in [2.05, 4.69) is 23.2 Å². The summed E-state index contributed by atoms with van der Waals surface area (Å²) in [5.41, 5.74) is 0. The molecule has 0 aliphatic carbocycles. The number of hydrogen-bond donors (Lipinski definition) is 1. The van der Waals surface area contributed by atoms with Crippen LogP contribution in [0.3, 0.4) is 0 Å². The van der Waals surface area contributed by atoms with Gasteiger partial charge in [0.25, 0.3) is 0 Å². The number of piperidine rings is 1. The van der Waals surface area contributed by atoms with E-state index in [9.17, 15) is 0 Å². The molecule has 1 aromatic rings. The minimum Gasteiger partial charge on any atom is -0.465 e. The molecule has 1 N–H and O–H groups in total. The zero-order chi connectivity index (χ0) is 11.8. The highest BCUT2D eigenvalue weighted by Gasteiger charge is 2.34. The van der Waals surface area contributed by atoms with Gasteiger partial charge in [-0.1, -0.05) is 0 Å². The van der Waals surface area contributed by atoms with Gasteiger partial charge >= 0.3 is 0 Å². The van der Waals surface area contributed by atoms with E-state index in [4.69, 9.17) is 4.42 Å². The molecule has 3 nitrogen and oxygen atoms in total. The molecular formula is C14H22N2O. The second-order valence-electron chi connectivity index (χ2n) is 5.58. The number of rotatable bonds is 3. The lowest BCUT2D eigenvalue weighted by molar-refractivity contribution is 0.207. The summed E-state index contributed by atoms with van der Waals surface area (Å²) in [5.74, 6) is 2.93. The highest BCUT2D eigenvalue weighted by Crippen LogP contribution is 2.29. The Morgan fingerprint density at radius 3 is 2.94 bits per heavy atom. The molecule has 4 atom stereocenters. The van der Waals surface area contributed by atoms with E-state index in [-0.39, 0.29) is 0 Å². The quantitative estimate of drug-likeness (QED) is 0.870. The van der Waals surface area contributed by atoms with Crippen molar-refractivity contribution in [2.24, 2.45) is 5.92 Å². The maximum atomic E-state index is 5.69. The van der Waals surface area contributed by atoms with Crippen molar-refractivity contribution in [1.29, 1.82) is 0 Å². The summed E-state index contributed by atoms with van der Waals surface area (Å²) < 4.78 is 5.69. The number of hydrogen-bond acceptors (Lipinski definition) is 3. The van der Waals surface area contributed by atoms with E-state index < -0.39 is 0 Å². The molecule has 2 aliphatic heterocycles. The van der Waals surface area contributed by atoms with Crippen molar-refractivity contribution in [3.8, 4) is 0 Å². The molecule has 3 rings (SSSR count). The summed E-state index contributed by atoms with van der Waals surface area (Å²) in [6.07, 6.45) is 2.65. The predicted octanol–water partition coefficient (Wildman–Crippen LogP) is 2.33. The van der Waals surface area contributed by atoms with E-state index in [0.29, 0.717) is 12.1 Å². The molecule has 3 heteroatoms. The van der Waals surface area contributed by atoms with Crippen LogP contribution in [0.1, 0.15) is 37.3 Å². The van der Waals surface area contributed by atoms with Gasteiger partial charge in [-0.3, -0.25) is 0 Å². The number of nitrogens with one attached hydrogen (secondary N) is 1. The van der Waals surface area contributed by atoms with Gasteiger partial charge in [0, 0.05) is 12.6 Å². The number of nitrogens with zero attached hydrogens (tertiary/aromatic N) is 1. The molecule has 94 valence electrons. The monoisotopic (exact) mass is 234 g/mol. The van der Waals surface area contributed by atoms with Gasteiger partial charge in [0.1, 0.15) is 11.5 Å². The van der Waals surface area contributed by atoms with Gasteiger partial charge in [-0.2, -0.15) is 0 Å². The van der Waals surface area contributed by atoms with Crippen LogP contribution >= 0.6 is 0 Å². The summed E-state index contributed by atoms with van der Waals surface area (Å²) in [5, 5.41) is 3.76. The molecule has 2 bridgehead atoms. The van der Waals surface area contributed by atoms with Crippen LogP contribution in [-0.4, -0.2) is 30.6 Å². The van der Waals surface area contributed by atoms with Crippen LogP contribution in [0.25, 0.3) is 0 Å². The Bertz CT molecular complexity index is 387. The van der Waals surface area contributed by atoms with Crippen molar-refractivity contribution in [2.45, 2.75) is 38.8 Å². The topological polar surface area (TPSA) is 28.4 Å². The fraction of sp³-hybridized carbons (Fsp3) is 0.714. The van der Waals surface area contributed by atoms with E-state index >= 15 is 0 Å². The molecule has 0 radical (unpaired) electrons. The van der Waals surface area contributed by atoms with Crippen LogP contribution in [0, 0.1) is 12.8 Å². The van der Waals surface area contributed by atoms with E-state index in [0.717, 1.165) is 17.4 Å². The SMILES string of the molecule is Cc1ccc(C(C)NC2CCN3CCC2C3)o1. The molecule has 0 amide bonds. The van der Waals surface area contributed by atoms with Crippen molar-refractivity contribution in [2.75, 3.05) is 19.6 Å². The minimum atomic E-state index is 0.334. The fourth-order valence-electron chi connectivity index (χ4n) is 3.26. The van der Waals surface area contributed by atoms with Gasteiger partial charge in [-0.05, 0) is 57.8 Å². The van der Waals surface area contributed by atoms with Crippen molar-refractivity contribution >= 4 is 0 Å². The van der Waals surface area contributed by atoms with Crippen molar-refractivity contribution in [3.05, 3.63) is 23.7 Å². The van der Waals surface area contributed by atoms with Crippen molar-refractivity contribution < 1.29 is 4.42 Å². The Labute approximate surface area is 103 Å². The normalized spacial score (nSPS) is 33.9. The van der Waals surface area contributed by atoms with Gasteiger partial charge in [0.05, 0.1) is 6.04 Å². The number of furan rings is 1. The highest BCUT2D eigenvalue weighted by atomic mass is 16.3. The average molecular weight is 234 g/mol. The van der Waals surface area contributed by atoms with Gasteiger partial charge < -0.3 is 14.6 Å². The van der Waals surface area contributed by atoms with Gasteiger partial charge in [-0.25, -0.2) is 0 Å². The summed E-state index contributed by atoms with van der Waals surface area (Å²) in [7, 11) is 0. The molecule has 2 aliphatic rings. The molecule has 0 spiro atoms. The predicted molar refractivity (Wildman–Crippen MR) is 67.9 cm³/mol. The third-order valence-corrected chi connectivity index (χ3v) is 4.29. The molecule has 4 unspecified atom stereocenters. The Kier molecular flexibility index (Phi) is 2.97. The zero-order valence-corrected chi connectivity index (χ0v) is 10.8. The number of aryl methyl sites for hydroxylation is 1. The molecule has 0 aromatic carbocycles. The lowest BCUT2D eigenvalue weighted by atomic mass is 9.93. The smallest absolute Gasteiger partial charge is 0.120 e. The van der Waals surface area contributed by atoms with Gasteiger partial charge in [0.2, 0.25) is 0 Å². The average Bonchev–Trinajstić information content (AvgIpc) is 2.90. The Morgan fingerprint density at radius 2 is 2.18 bits per heavy atom.